The lowest BCUT2D eigenvalue weighted by molar-refractivity contribution is -0.114. The van der Waals surface area contributed by atoms with Gasteiger partial charge in [-0.3, -0.25) is 0 Å². The molecule has 0 heterocycles. The van der Waals surface area contributed by atoms with Gasteiger partial charge >= 0.3 is 0 Å². The van der Waals surface area contributed by atoms with E-state index in [1.807, 2.05) is 31.2 Å². The molecule has 0 aliphatic heterocycles. The predicted molar refractivity (Wildman–Crippen MR) is 58.9 cm³/mol. The molecule has 1 aromatic rings. The van der Waals surface area contributed by atoms with Gasteiger partial charge in [0.25, 0.3) is 0 Å². The van der Waals surface area contributed by atoms with Crippen molar-refractivity contribution in [2.45, 2.75) is 19.4 Å². The van der Waals surface area contributed by atoms with E-state index in [1.165, 1.54) is 0 Å². The molecule has 0 saturated carbocycles. The van der Waals surface area contributed by atoms with Crippen LogP contribution < -0.4 is 0 Å². The van der Waals surface area contributed by atoms with Crippen molar-refractivity contribution in [3.63, 3.8) is 0 Å². The topological polar surface area (TPSA) is 37.3 Å². The summed E-state index contributed by atoms with van der Waals surface area (Å²) in [5, 5.41) is 9.82. The van der Waals surface area contributed by atoms with E-state index in [0.29, 0.717) is 6.42 Å². The zero-order valence-corrected chi connectivity index (χ0v) is 9.57. The standard InChI is InChI=1S/C11H13BrO2/c1-2-8(7-13)11(14)9-3-5-10(12)6-4-9/h3-8,11,14H,2H2,1H3/t8-,11+/m1/s1. The quantitative estimate of drug-likeness (QED) is 0.842. The SMILES string of the molecule is CC[C@H](C=O)[C@H](O)c1ccc(Br)cc1. The Morgan fingerprint density at radius 1 is 1.43 bits per heavy atom. The van der Waals surface area contributed by atoms with Crippen LogP contribution in [-0.4, -0.2) is 11.4 Å². The highest BCUT2D eigenvalue weighted by molar-refractivity contribution is 9.10. The predicted octanol–water partition coefficient (Wildman–Crippen LogP) is 2.71. The second-order valence-electron chi connectivity index (χ2n) is 3.20. The number of halogens is 1. The van der Waals surface area contributed by atoms with Gasteiger partial charge in [0.05, 0.1) is 6.10 Å². The number of hydrogen-bond acceptors (Lipinski definition) is 2. The molecule has 2 atom stereocenters. The Morgan fingerprint density at radius 2 is 2.00 bits per heavy atom. The van der Waals surface area contributed by atoms with Crippen LogP contribution in [0.4, 0.5) is 0 Å². The molecule has 2 nitrogen and oxygen atoms in total. The number of aldehydes is 1. The molecule has 0 bridgehead atoms. The van der Waals surface area contributed by atoms with E-state index >= 15 is 0 Å². The molecular weight excluding hydrogens is 244 g/mol. The number of aliphatic hydroxyl groups excluding tert-OH is 1. The lowest BCUT2D eigenvalue weighted by atomic mass is 9.95. The van der Waals surface area contributed by atoms with Crippen molar-refractivity contribution in [3.05, 3.63) is 34.3 Å². The average Bonchev–Trinajstić information content (AvgIpc) is 2.20. The fraction of sp³-hybridized carbons (Fsp3) is 0.364. The van der Waals surface area contributed by atoms with Gasteiger partial charge in [-0.05, 0) is 24.1 Å². The fourth-order valence-electron chi connectivity index (χ4n) is 1.30. The van der Waals surface area contributed by atoms with Gasteiger partial charge < -0.3 is 9.90 Å². The van der Waals surface area contributed by atoms with Crippen LogP contribution in [0.1, 0.15) is 25.0 Å². The van der Waals surface area contributed by atoms with E-state index in [2.05, 4.69) is 15.9 Å². The molecule has 0 aliphatic carbocycles. The zero-order chi connectivity index (χ0) is 10.6. The molecule has 1 aromatic carbocycles. The van der Waals surface area contributed by atoms with Crippen molar-refractivity contribution in [2.24, 2.45) is 5.92 Å². The van der Waals surface area contributed by atoms with E-state index in [0.717, 1.165) is 16.3 Å². The summed E-state index contributed by atoms with van der Waals surface area (Å²) in [4.78, 5) is 10.6. The number of rotatable bonds is 4. The normalized spacial score (nSPS) is 14.8. The molecule has 0 spiro atoms. The molecule has 14 heavy (non-hydrogen) atoms. The number of aliphatic hydroxyl groups is 1. The molecule has 1 N–H and O–H groups in total. The van der Waals surface area contributed by atoms with Crippen LogP contribution in [0.2, 0.25) is 0 Å². The fourth-order valence-corrected chi connectivity index (χ4v) is 1.57. The van der Waals surface area contributed by atoms with Crippen LogP contribution >= 0.6 is 15.9 Å². The number of carbonyl (C=O) groups excluding carboxylic acids is 1. The third-order valence-electron chi connectivity index (χ3n) is 2.26. The molecule has 0 aromatic heterocycles. The third kappa shape index (κ3) is 2.66. The molecule has 0 unspecified atom stereocenters. The van der Waals surface area contributed by atoms with Gasteiger partial charge in [0.15, 0.2) is 0 Å². The van der Waals surface area contributed by atoms with Crippen LogP contribution in [0, 0.1) is 5.92 Å². The Hall–Kier alpha value is -0.670. The lowest BCUT2D eigenvalue weighted by Crippen LogP contribution is -2.12. The Balaban J connectivity index is 2.82. The molecule has 3 heteroatoms. The number of benzene rings is 1. The Kier molecular flexibility index (Phi) is 4.29. The summed E-state index contributed by atoms with van der Waals surface area (Å²) in [5.41, 5.74) is 0.784. The number of carbonyl (C=O) groups is 1. The summed E-state index contributed by atoms with van der Waals surface area (Å²) < 4.78 is 0.965. The van der Waals surface area contributed by atoms with Crippen molar-refractivity contribution in [1.82, 2.24) is 0 Å². The van der Waals surface area contributed by atoms with Crippen molar-refractivity contribution in [2.75, 3.05) is 0 Å². The van der Waals surface area contributed by atoms with E-state index in [-0.39, 0.29) is 5.92 Å². The van der Waals surface area contributed by atoms with Crippen LogP contribution in [0.3, 0.4) is 0 Å². The average molecular weight is 257 g/mol. The minimum atomic E-state index is -0.689. The van der Waals surface area contributed by atoms with Gasteiger partial charge in [-0.25, -0.2) is 0 Å². The van der Waals surface area contributed by atoms with Crippen molar-refractivity contribution >= 4 is 22.2 Å². The Bertz CT molecular complexity index is 295. The number of hydrogen-bond donors (Lipinski definition) is 1. The van der Waals surface area contributed by atoms with E-state index in [4.69, 9.17) is 0 Å². The third-order valence-corrected chi connectivity index (χ3v) is 2.79. The summed E-state index contributed by atoms with van der Waals surface area (Å²) in [5.74, 6) is -0.309. The smallest absolute Gasteiger partial charge is 0.125 e. The minimum absolute atomic E-state index is 0.309. The van der Waals surface area contributed by atoms with Gasteiger partial charge in [0, 0.05) is 10.4 Å². The second kappa shape index (κ2) is 5.27. The summed E-state index contributed by atoms with van der Waals surface area (Å²) in [6, 6.07) is 7.36. The maximum absolute atomic E-state index is 10.6. The highest BCUT2D eigenvalue weighted by atomic mass is 79.9. The van der Waals surface area contributed by atoms with Gasteiger partial charge in [-0.1, -0.05) is 35.0 Å². The van der Waals surface area contributed by atoms with Crippen LogP contribution in [0.25, 0.3) is 0 Å². The van der Waals surface area contributed by atoms with Crippen LogP contribution in [-0.2, 0) is 4.79 Å². The first-order valence-corrected chi connectivity index (χ1v) is 5.37. The van der Waals surface area contributed by atoms with Gasteiger partial charge in [-0.15, -0.1) is 0 Å². The second-order valence-corrected chi connectivity index (χ2v) is 4.12. The van der Waals surface area contributed by atoms with Crippen molar-refractivity contribution in [1.29, 1.82) is 0 Å². The molecule has 0 amide bonds. The summed E-state index contributed by atoms with van der Waals surface area (Å²) in [6.45, 7) is 1.89. The first-order chi connectivity index (χ1) is 6.69. The first-order valence-electron chi connectivity index (χ1n) is 4.57. The van der Waals surface area contributed by atoms with E-state index < -0.39 is 6.10 Å². The van der Waals surface area contributed by atoms with Gasteiger partial charge in [-0.2, -0.15) is 0 Å². The Labute approximate surface area is 92.1 Å². The molecule has 0 radical (unpaired) electrons. The highest BCUT2D eigenvalue weighted by Gasteiger charge is 2.17. The molecule has 0 saturated heterocycles. The summed E-state index contributed by atoms with van der Waals surface area (Å²) in [6.07, 6.45) is 0.776. The van der Waals surface area contributed by atoms with Crippen molar-refractivity contribution < 1.29 is 9.90 Å². The molecule has 0 fully saturated rings. The summed E-state index contributed by atoms with van der Waals surface area (Å²) >= 11 is 3.31. The molecule has 0 aliphatic rings. The Morgan fingerprint density at radius 3 is 2.43 bits per heavy atom. The van der Waals surface area contributed by atoms with Gasteiger partial charge in [0.1, 0.15) is 6.29 Å². The lowest BCUT2D eigenvalue weighted by Gasteiger charge is -2.16. The largest absolute Gasteiger partial charge is 0.388 e. The van der Waals surface area contributed by atoms with E-state index in [1.54, 1.807) is 0 Å². The van der Waals surface area contributed by atoms with Crippen molar-refractivity contribution in [3.8, 4) is 0 Å². The zero-order valence-electron chi connectivity index (χ0n) is 7.98. The monoisotopic (exact) mass is 256 g/mol. The minimum Gasteiger partial charge on any atom is -0.388 e. The maximum atomic E-state index is 10.6. The van der Waals surface area contributed by atoms with E-state index in [9.17, 15) is 9.90 Å². The van der Waals surface area contributed by atoms with Crippen LogP contribution in [0.15, 0.2) is 28.7 Å². The molecule has 1 rings (SSSR count). The van der Waals surface area contributed by atoms with Crippen LogP contribution in [0.5, 0.6) is 0 Å². The maximum Gasteiger partial charge on any atom is 0.125 e. The first kappa shape index (κ1) is 11.4. The molecule has 76 valence electrons. The van der Waals surface area contributed by atoms with Gasteiger partial charge in [0.2, 0.25) is 0 Å². The molecular formula is C11H13BrO2. The summed E-state index contributed by atoms with van der Waals surface area (Å²) in [7, 11) is 0. The highest BCUT2D eigenvalue weighted by Crippen LogP contribution is 2.24.